The molecule has 2 aromatic carbocycles. The maximum Gasteiger partial charge on any atom is 0.417 e. The number of carbonyl (C=O) groups is 2. The van der Waals surface area contributed by atoms with Crippen molar-refractivity contribution in [3.8, 4) is 0 Å². The van der Waals surface area contributed by atoms with E-state index in [1.807, 2.05) is 0 Å². The van der Waals surface area contributed by atoms with E-state index < -0.39 is 22.7 Å². The number of hydrogen-bond acceptors (Lipinski definition) is 2. The highest BCUT2D eigenvalue weighted by Crippen LogP contribution is 2.35. The number of nitrogens with one attached hydrogen (secondary N) is 2. The zero-order valence-electron chi connectivity index (χ0n) is 15.2. The second-order valence-corrected chi connectivity index (χ2v) is 6.36. The van der Waals surface area contributed by atoms with E-state index in [1.54, 1.807) is 26.0 Å². The third-order valence-corrected chi connectivity index (χ3v) is 4.15. The third kappa shape index (κ3) is 5.60. The molecule has 0 saturated carbocycles. The van der Waals surface area contributed by atoms with E-state index in [2.05, 4.69) is 10.6 Å². The van der Waals surface area contributed by atoms with Gasteiger partial charge in [0.15, 0.2) is 0 Å². The molecule has 8 heteroatoms. The molecule has 0 aliphatic carbocycles. The van der Waals surface area contributed by atoms with Gasteiger partial charge in [0, 0.05) is 23.9 Å². The van der Waals surface area contributed by atoms with Crippen LogP contribution in [0.15, 0.2) is 42.5 Å². The first-order chi connectivity index (χ1) is 13.1. The minimum absolute atomic E-state index is 0.180. The average molecular weight is 411 g/mol. The molecule has 2 N–H and O–H groups in total. The fourth-order valence-corrected chi connectivity index (χ4v) is 2.60. The predicted octanol–water partition coefficient (Wildman–Crippen LogP) is 5.07. The number of anilines is 1. The Hall–Kier alpha value is -2.80. The maximum absolute atomic E-state index is 12.9. The molecule has 0 atom stereocenters. The van der Waals surface area contributed by atoms with Crippen LogP contribution in [0, 0.1) is 6.92 Å². The van der Waals surface area contributed by atoms with E-state index in [1.165, 1.54) is 18.2 Å². The fourth-order valence-electron chi connectivity index (χ4n) is 2.37. The zero-order valence-corrected chi connectivity index (χ0v) is 15.9. The third-order valence-electron chi connectivity index (χ3n) is 3.82. The summed E-state index contributed by atoms with van der Waals surface area (Å²) < 4.78 is 38.7. The summed E-state index contributed by atoms with van der Waals surface area (Å²) in [5, 5.41) is 4.87. The quantitative estimate of drug-likeness (QED) is 0.676. The van der Waals surface area contributed by atoms with Crippen LogP contribution >= 0.6 is 11.6 Å². The van der Waals surface area contributed by atoms with Crippen LogP contribution in [-0.4, -0.2) is 18.4 Å². The van der Waals surface area contributed by atoms with Crippen molar-refractivity contribution in [1.29, 1.82) is 0 Å². The number of rotatable bonds is 5. The van der Waals surface area contributed by atoms with Gasteiger partial charge in [0.1, 0.15) is 0 Å². The lowest BCUT2D eigenvalue weighted by Gasteiger charge is -2.10. The van der Waals surface area contributed by atoms with Gasteiger partial charge in [0.2, 0.25) is 5.91 Å². The standard InChI is InChI=1S/C20H18ClF3N2O2/c1-3-25-19(28)14-7-4-12(2)17(11-14)26-18(27)9-6-13-5-8-16(21)15(10-13)20(22,23)24/h4-11H,3H2,1-2H3,(H,25,28)(H,26,27)/b9-6+. The SMILES string of the molecule is CCNC(=O)c1ccc(C)c(NC(=O)/C=C/c2ccc(Cl)c(C(F)(F)F)c2)c1. The van der Waals surface area contributed by atoms with Crippen molar-refractivity contribution in [3.63, 3.8) is 0 Å². The summed E-state index contributed by atoms with van der Waals surface area (Å²) in [6.07, 6.45) is -2.22. The van der Waals surface area contributed by atoms with E-state index in [9.17, 15) is 22.8 Å². The molecule has 0 unspecified atom stereocenters. The normalized spacial score (nSPS) is 11.5. The molecule has 4 nitrogen and oxygen atoms in total. The monoisotopic (exact) mass is 410 g/mol. The van der Waals surface area contributed by atoms with E-state index in [4.69, 9.17) is 11.6 Å². The molecular weight excluding hydrogens is 393 g/mol. The number of halogens is 4. The van der Waals surface area contributed by atoms with Crippen molar-refractivity contribution in [2.45, 2.75) is 20.0 Å². The zero-order chi connectivity index (χ0) is 20.9. The van der Waals surface area contributed by atoms with Crippen molar-refractivity contribution in [1.82, 2.24) is 5.32 Å². The van der Waals surface area contributed by atoms with E-state index >= 15 is 0 Å². The lowest BCUT2D eigenvalue weighted by Crippen LogP contribution is -2.23. The maximum atomic E-state index is 12.9. The van der Waals surface area contributed by atoms with Crippen LogP contribution in [0.3, 0.4) is 0 Å². The van der Waals surface area contributed by atoms with Gasteiger partial charge >= 0.3 is 6.18 Å². The number of alkyl halides is 3. The van der Waals surface area contributed by atoms with Crippen LogP contribution in [0.4, 0.5) is 18.9 Å². The van der Waals surface area contributed by atoms with Gasteiger partial charge in [0.05, 0.1) is 10.6 Å². The van der Waals surface area contributed by atoms with E-state index in [-0.39, 0.29) is 11.5 Å². The molecule has 0 saturated heterocycles. The van der Waals surface area contributed by atoms with Gasteiger partial charge in [0.25, 0.3) is 5.91 Å². The molecule has 148 valence electrons. The highest BCUT2D eigenvalue weighted by molar-refractivity contribution is 6.31. The molecule has 28 heavy (non-hydrogen) atoms. The topological polar surface area (TPSA) is 58.2 Å². The van der Waals surface area contributed by atoms with Crippen molar-refractivity contribution in [2.24, 2.45) is 0 Å². The lowest BCUT2D eigenvalue weighted by molar-refractivity contribution is -0.137. The lowest BCUT2D eigenvalue weighted by atomic mass is 10.1. The van der Waals surface area contributed by atoms with Crippen molar-refractivity contribution >= 4 is 35.2 Å². The molecule has 2 aromatic rings. The Morgan fingerprint density at radius 3 is 2.50 bits per heavy atom. The summed E-state index contributed by atoms with van der Waals surface area (Å²) in [4.78, 5) is 24.1. The molecule has 0 aliphatic heterocycles. The van der Waals surface area contributed by atoms with Crippen molar-refractivity contribution < 1.29 is 22.8 Å². The minimum atomic E-state index is -4.58. The summed E-state index contributed by atoms with van der Waals surface area (Å²) in [5.74, 6) is -0.811. The summed E-state index contributed by atoms with van der Waals surface area (Å²) in [6.45, 7) is 4.02. The highest BCUT2D eigenvalue weighted by atomic mass is 35.5. The number of benzene rings is 2. The van der Waals surface area contributed by atoms with Gasteiger partial charge in [-0.3, -0.25) is 9.59 Å². The van der Waals surface area contributed by atoms with Crippen LogP contribution in [0.2, 0.25) is 5.02 Å². The van der Waals surface area contributed by atoms with Gasteiger partial charge < -0.3 is 10.6 Å². The van der Waals surface area contributed by atoms with Gasteiger partial charge in [-0.1, -0.05) is 23.7 Å². The second kappa shape index (κ2) is 8.93. The van der Waals surface area contributed by atoms with Crippen molar-refractivity contribution in [3.05, 3.63) is 69.8 Å². The van der Waals surface area contributed by atoms with Gasteiger partial charge in [-0.15, -0.1) is 0 Å². The first kappa shape index (κ1) is 21.5. The van der Waals surface area contributed by atoms with Crippen LogP contribution in [0.1, 0.15) is 34.0 Å². The fraction of sp³-hybridized carbons (Fsp3) is 0.200. The van der Waals surface area contributed by atoms with Crippen LogP contribution in [0.5, 0.6) is 0 Å². The molecule has 0 heterocycles. The van der Waals surface area contributed by atoms with Gasteiger partial charge in [-0.25, -0.2) is 0 Å². The van der Waals surface area contributed by atoms with E-state index in [0.29, 0.717) is 17.8 Å². The Morgan fingerprint density at radius 2 is 1.86 bits per heavy atom. The van der Waals surface area contributed by atoms with Crippen molar-refractivity contribution in [2.75, 3.05) is 11.9 Å². The number of amides is 2. The van der Waals surface area contributed by atoms with Crippen LogP contribution in [0.25, 0.3) is 6.08 Å². The summed E-state index contributed by atoms with van der Waals surface area (Å²) in [7, 11) is 0. The molecule has 2 amide bonds. The molecular formula is C20H18ClF3N2O2. The molecule has 0 aliphatic rings. The summed E-state index contributed by atoms with van der Waals surface area (Å²) >= 11 is 5.58. The Kier molecular flexibility index (Phi) is 6.85. The highest BCUT2D eigenvalue weighted by Gasteiger charge is 2.33. The van der Waals surface area contributed by atoms with Gasteiger partial charge in [-0.05, 0) is 55.3 Å². The molecule has 2 rings (SSSR count). The Labute approximate surface area is 165 Å². The first-order valence-electron chi connectivity index (χ1n) is 8.36. The Bertz CT molecular complexity index is 924. The molecule has 0 bridgehead atoms. The predicted molar refractivity (Wildman–Crippen MR) is 103 cm³/mol. The average Bonchev–Trinajstić information content (AvgIpc) is 2.62. The smallest absolute Gasteiger partial charge is 0.352 e. The first-order valence-corrected chi connectivity index (χ1v) is 8.74. The largest absolute Gasteiger partial charge is 0.417 e. The molecule has 0 radical (unpaired) electrons. The molecule has 0 spiro atoms. The molecule has 0 aromatic heterocycles. The van der Waals surface area contributed by atoms with Crippen LogP contribution < -0.4 is 10.6 Å². The van der Waals surface area contributed by atoms with Crippen LogP contribution in [-0.2, 0) is 11.0 Å². The number of carbonyl (C=O) groups excluding carboxylic acids is 2. The number of aryl methyl sites for hydroxylation is 1. The van der Waals surface area contributed by atoms with Gasteiger partial charge in [-0.2, -0.15) is 13.2 Å². The summed E-state index contributed by atoms with van der Waals surface area (Å²) in [6, 6.07) is 8.24. The number of hydrogen-bond donors (Lipinski definition) is 2. The van der Waals surface area contributed by atoms with E-state index in [0.717, 1.165) is 23.8 Å². The second-order valence-electron chi connectivity index (χ2n) is 5.95. The Balaban J connectivity index is 2.16. The minimum Gasteiger partial charge on any atom is -0.352 e. The summed E-state index contributed by atoms with van der Waals surface area (Å²) in [5.41, 5.74) is 0.771. The Morgan fingerprint density at radius 1 is 1.14 bits per heavy atom. The molecule has 0 fully saturated rings.